The van der Waals surface area contributed by atoms with E-state index in [9.17, 15) is 18.0 Å². The van der Waals surface area contributed by atoms with Gasteiger partial charge in [0.25, 0.3) is 0 Å². The first kappa shape index (κ1) is 26.9. The molecule has 0 aromatic heterocycles. The second-order valence-corrected chi connectivity index (χ2v) is 10.7. The van der Waals surface area contributed by atoms with E-state index < -0.39 is 34.4 Å². The Balaban J connectivity index is 1.98. The van der Waals surface area contributed by atoms with Crippen LogP contribution in [0.15, 0.2) is 36.4 Å². The number of hydrogen-bond donors (Lipinski definition) is 1. The molecule has 2 aromatic carbocycles. The zero-order valence-corrected chi connectivity index (χ0v) is 21.9. The highest BCUT2D eigenvalue weighted by Gasteiger charge is 2.32. The lowest BCUT2D eigenvalue weighted by Crippen LogP contribution is -2.51. The number of hydrogen-bond acceptors (Lipinski definition) is 6. The summed E-state index contributed by atoms with van der Waals surface area (Å²) in [7, 11) is -3.87. The predicted molar refractivity (Wildman–Crippen MR) is 135 cm³/mol. The zero-order chi connectivity index (χ0) is 25.8. The van der Waals surface area contributed by atoms with Crippen LogP contribution in [0.3, 0.4) is 0 Å². The summed E-state index contributed by atoms with van der Waals surface area (Å²) in [5, 5.41) is 3.34. The maximum Gasteiger partial charge on any atom is 0.244 e. The predicted octanol–water partition coefficient (Wildman–Crippen LogP) is 3.43. The van der Waals surface area contributed by atoms with E-state index in [2.05, 4.69) is 5.32 Å². The Morgan fingerprint density at radius 3 is 2.37 bits per heavy atom. The largest absolute Gasteiger partial charge is 0.454 e. The highest BCUT2D eigenvalue weighted by Crippen LogP contribution is 2.36. The molecule has 0 aliphatic carbocycles. The minimum Gasteiger partial charge on any atom is -0.454 e. The smallest absolute Gasteiger partial charge is 0.244 e. The molecule has 0 radical (unpaired) electrons. The van der Waals surface area contributed by atoms with Crippen molar-refractivity contribution in [2.24, 2.45) is 0 Å². The molecular formula is C23H27Cl2N3O6S. The number of carbonyl (C=O) groups is 2. The van der Waals surface area contributed by atoms with Gasteiger partial charge < -0.3 is 19.7 Å². The first-order valence-electron chi connectivity index (χ1n) is 11.0. The Labute approximate surface area is 214 Å². The van der Waals surface area contributed by atoms with E-state index in [1.54, 1.807) is 38.1 Å². The summed E-state index contributed by atoms with van der Waals surface area (Å²) in [5.74, 6) is -0.376. The number of rotatable bonds is 10. The average molecular weight is 544 g/mol. The van der Waals surface area contributed by atoms with Gasteiger partial charge in [-0.15, -0.1) is 0 Å². The van der Waals surface area contributed by atoms with Gasteiger partial charge in [0.05, 0.1) is 11.4 Å². The summed E-state index contributed by atoms with van der Waals surface area (Å²) in [6, 6.07) is 8.63. The number of halogens is 2. The maximum atomic E-state index is 13.6. The molecule has 1 heterocycles. The van der Waals surface area contributed by atoms with Gasteiger partial charge in [0.1, 0.15) is 12.6 Å². The van der Waals surface area contributed by atoms with Crippen molar-refractivity contribution in [2.45, 2.75) is 33.4 Å². The van der Waals surface area contributed by atoms with E-state index in [-0.39, 0.29) is 24.8 Å². The highest BCUT2D eigenvalue weighted by molar-refractivity contribution is 7.92. The van der Waals surface area contributed by atoms with E-state index in [1.165, 1.54) is 24.0 Å². The first-order chi connectivity index (χ1) is 16.6. The number of fused-ring (bicyclic) bond motifs is 1. The molecule has 2 amide bonds. The van der Waals surface area contributed by atoms with Crippen LogP contribution in [0.2, 0.25) is 10.0 Å². The van der Waals surface area contributed by atoms with Crippen LogP contribution in [-0.2, 0) is 26.2 Å². The Morgan fingerprint density at radius 1 is 1.09 bits per heavy atom. The molecular weight excluding hydrogens is 517 g/mol. The summed E-state index contributed by atoms with van der Waals surface area (Å²) in [5.41, 5.74) is 0.694. The van der Waals surface area contributed by atoms with Crippen LogP contribution in [0.1, 0.15) is 26.3 Å². The maximum absolute atomic E-state index is 13.6. The third kappa shape index (κ3) is 6.12. The number of nitrogens with one attached hydrogen (secondary N) is 1. The normalized spacial score (nSPS) is 13.3. The van der Waals surface area contributed by atoms with E-state index in [0.29, 0.717) is 33.7 Å². The van der Waals surface area contributed by atoms with Crippen molar-refractivity contribution in [3.63, 3.8) is 0 Å². The number of amides is 2. The lowest BCUT2D eigenvalue weighted by Gasteiger charge is -2.32. The third-order valence-electron chi connectivity index (χ3n) is 5.53. The quantitative estimate of drug-likeness (QED) is 0.492. The minimum atomic E-state index is -3.87. The lowest BCUT2D eigenvalue weighted by atomic mass is 10.1. The van der Waals surface area contributed by atoms with Crippen molar-refractivity contribution < 1.29 is 27.5 Å². The molecule has 3 rings (SSSR count). The van der Waals surface area contributed by atoms with Crippen molar-refractivity contribution in [1.82, 2.24) is 10.2 Å². The topological polar surface area (TPSA) is 105 Å². The number of anilines is 1. The van der Waals surface area contributed by atoms with Crippen molar-refractivity contribution in [3.05, 3.63) is 52.0 Å². The van der Waals surface area contributed by atoms with Gasteiger partial charge in [0.2, 0.25) is 28.6 Å². The Morgan fingerprint density at radius 2 is 1.74 bits per heavy atom. The van der Waals surface area contributed by atoms with Crippen molar-refractivity contribution in [1.29, 1.82) is 0 Å². The summed E-state index contributed by atoms with van der Waals surface area (Å²) in [6.07, 6.45) is 0. The standard InChI is InChI=1S/C23H27Cl2N3O6S/c1-4-26-23(30)15(3)27(12-17-18(24)7-6-8-19(17)25)22(29)13-28(35(31,32)5-2)16-9-10-20-21(11-16)34-14-33-20/h6-11,15H,4-5,12-14H2,1-3H3,(H,26,30). The molecule has 0 saturated carbocycles. The van der Waals surface area contributed by atoms with E-state index in [1.807, 2.05) is 0 Å². The fourth-order valence-electron chi connectivity index (χ4n) is 3.52. The molecule has 1 aliphatic rings. The summed E-state index contributed by atoms with van der Waals surface area (Å²) < 4.78 is 37.7. The summed E-state index contributed by atoms with van der Waals surface area (Å²) >= 11 is 12.6. The molecule has 1 aliphatic heterocycles. The Bertz CT molecular complexity index is 1190. The molecule has 0 saturated heterocycles. The summed E-state index contributed by atoms with van der Waals surface area (Å²) in [6.45, 7) is 4.57. The number of nitrogens with zero attached hydrogens (tertiary/aromatic N) is 2. The van der Waals surface area contributed by atoms with Gasteiger partial charge in [-0.25, -0.2) is 8.42 Å². The number of carbonyl (C=O) groups excluding carboxylic acids is 2. The van der Waals surface area contributed by atoms with Crippen LogP contribution in [0.4, 0.5) is 5.69 Å². The zero-order valence-electron chi connectivity index (χ0n) is 19.6. The number of likely N-dealkylation sites (N-methyl/N-ethyl adjacent to an activating group) is 1. The fourth-order valence-corrected chi connectivity index (χ4v) is 5.09. The fraction of sp³-hybridized carbons (Fsp3) is 0.391. The van der Waals surface area contributed by atoms with Gasteiger partial charge in [0, 0.05) is 34.8 Å². The van der Waals surface area contributed by atoms with Crippen LogP contribution in [0.5, 0.6) is 11.5 Å². The molecule has 35 heavy (non-hydrogen) atoms. The van der Waals surface area contributed by atoms with Crippen LogP contribution in [-0.4, -0.2) is 56.8 Å². The monoisotopic (exact) mass is 543 g/mol. The third-order valence-corrected chi connectivity index (χ3v) is 7.98. The van der Waals surface area contributed by atoms with Gasteiger partial charge >= 0.3 is 0 Å². The molecule has 1 atom stereocenters. The molecule has 12 heteroatoms. The van der Waals surface area contributed by atoms with Gasteiger partial charge in [-0.05, 0) is 45.0 Å². The number of sulfonamides is 1. The average Bonchev–Trinajstić information content (AvgIpc) is 3.30. The molecule has 1 N–H and O–H groups in total. The number of ether oxygens (including phenoxy) is 2. The second kappa shape index (κ2) is 11.4. The molecule has 0 bridgehead atoms. The van der Waals surface area contributed by atoms with E-state index >= 15 is 0 Å². The second-order valence-electron chi connectivity index (χ2n) is 7.74. The Hall–Kier alpha value is -2.69. The molecule has 2 aromatic rings. The summed E-state index contributed by atoms with van der Waals surface area (Å²) in [4.78, 5) is 27.5. The van der Waals surface area contributed by atoms with Gasteiger partial charge in [-0.3, -0.25) is 13.9 Å². The first-order valence-corrected chi connectivity index (χ1v) is 13.4. The van der Waals surface area contributed by atoms with Crippen molar-refractivity contribution in [3.8, 4) is 11.5 Å². The molecule has 0 fully saturated rings. The van der Waals surface area contributed by atoms with Gasteiger partial charge in [0.15, 0.2) is 11.5 Å². The molecule has 190 valence electrons. The lowest BCUT2D eigenvalue weighted by molar-refractivity contribution is -0.139. The molecule has 1 unspecified atom stereocenters. The Kier molecular flexibility index (Phi) is 8.74. The van der Waals surface area contributed by atoms with E-state index in [4.69, 9.17) is 32.7 Å². The molecule has 0 spiro atoms. The van der Waals surface area contributed by atoms with Crippen LogP contribution in [0.25, 0.3) is 0 Å². The molecule has 9 nitrogen and oxygen atoms in total. The van der Waals surface area contributed by atoms with Crippen LogP contribution >= 0.6 is 23.2 Å². The minimum absolute atomic E-state index is 0.0225. The SMILES string of the molecule is CCNC(=O)C(C)N(Cc1c(Cl)cccc1Cl)C(=O)CN(c1ccc2c(c1)OCO2)S(=O)(=O)CC. The van der Waals surface area contributed by atoms with Crippen molar-refractivity contribution in [2.75, 3.05) is 29.9 Å². The van der Waals surface area contributed by atoms with Crippen LogP contribution < -0.4 is 19.1 Å². The van der Waals surface area contributed by atoms with E-state index in [0.717, 1.165) is 4.31 Å². The van der Waals surface area contributed by atoms with Gasteiger partial charge in [-0.1, -0.05) is 29.3 Å². The van der Waals surface area contributed by atoms with Gasteiger partial charge in [-0.2, -0.15) is 0 Å². The van der Waals surface area contributed by atoms with Crippen LogP contribution in [0, 0.1) is 0 Å². The highest BCUT2D eigenvalue weighted by atomic mass is 35.5. The van der Waals surface area contributed by atoms with Crippen molar-refractivity contribution >= 4 is 50.7 Å². The number of benzene rings is 2.